The number of pyridine rings is 1. The molecule has 18 nitrogen and oxygen atoms in total. The molecular weight excluding hydrogens is 662 g/mol. The first-order chi connectivity index (χ1) is 24.5. The Morgan fingerprint density at radius 3 is 2.65 bits per heavy atom. The minimum Gasteiger partial charge on any atom is -0.491 e. The minimum absolute atomic E-state index is 0.0440. The fourth-order valence-electron chi connectivity index (χ4n) is 6.35. The number of carbonyl (C=O) groups is 3. The van der Waals surface area contributed by atoms with Crippen LogP contribution in [0.2, 0.25) is 0 Å². The molecule has 268 valence electrons. The summed E-state index contributed by atoms with van der Waals surface area (Å²) >= 11 is 0. The maximum atomic E-state index is 13.3. The van der Waals surface area contributed by atoms with E-state index in [-0.39, 0.29) is 60.0 Å². The number of nitro groups is 1. The highest BCUT2D eigenvalue weighted by atomic mass is 16.6. The SMILES string of the molecule is CCn1nc(C)cc1C(=O)Nc1nc2cc(C(N)=O)cnc2n1C/C=C/CNc1c(OCCCN2CC3CC2CO3)cc(C(N)=O)cc1[N+](=O)[O-]. The van der Waals surface area contributed by atoms with Gasteiger partial charge < -0.3 is 26.3 Å². The number of hydrogen-bond donors (Lipinski definition) is 4. The molecular formula is C33H39N11O7. The molecule has 2 bridgehead atoms. The van der Waals surface area contributed by atoms with Gasteiger partial charge in [-0.3, -0.25) is 44.0 Å². The molecule has 0 spiro atoms. The molecule has 2 fully saturated rings. The molecule has 5 heterocycles. The molecule has 0 radical (unpaired) electrons. The van der Waals surface area contributed by atoms with Gasteiger partial charge in [-0.2, -0.15) is 5.10 Å². The third kappa shape index (κ3) is 7.65. The Bertz CT molecular complexity index is 2020. The molecule has 18 heteroatoms. The number of fused-ring (bicyclic) bond motifs is 3. The molecule has 2 unspecified atom stereocenters. The number of nitrogens with one attached hydrogen (secondary N) is 2. The van der Waals surface area contributed by atoms with Crippen LogP contribution in [0.1, 0.15) is 56.7 Å². The van der Waals surface area contributed by atoms with Gasteiger partial charge in [-0.15, -0.1) is 0 Å². The Morgan fingerprint density at radius 1 is 1.16 bits per heavy atom. The zero-order valence-corrected chi connectivity index (χ0v) is 28.2. The number of nitro benzene ring substituents is 1. The summed E-state index contributed by atoms with van der Waals surface area (Å²) in [5.41, 5.74) is 12.5. The highest BCUT2D eigenvalue weighted by Crippen LogP contribution is 2.36. The lowest BCUT2D eigenvalue weighted by molar-refractivity contribution is -0.384. The molecule has 3 aromatic heterocycles. The molecule has 6 rings (SSSR count). The normalized spacial score (nSPS) is 17.0. The molecule has 2 aliphatic heterocycles. The molecule has 51 heavy (non-hydrogen) atoms. The lowest BCUT2D eigenvalue weighted by atomic mass is 10.1. The first kappa shape index (κ1) is 35.0. The fourth-order valence-corrected chi connectivity index (χ4v) is 6.35. The van der Waals surface area contributed by atoms with Gasteiger partial charge in [0.25, 0.3) is 11.6 Å². The first-order valence-electron chi connectivity index (χ1n) is 16.5. The largest absolute Gasteiger partial charge is 0.491 e. The number of ether oxygens (including phenoxy) is 2. The van der Waals surface area contributed by atoms with Crippen molar-refractivity contribution in [2.45, 2.75) is 51.9 Å². The van der Waals surface area contributed by atoms with Crippen LogP contribution in [0, 0.1) is 17.0 Å². The van der Waals surface area contributed by atoms with Gasteiger partial charge in [0.15, 0.2) is 11.3 Å². The first-order valence-corrected chi connectivity index (χ1v) is 16.5. The molecule has 6 N–H and O–H groups in total. The van der Waals surface area contributed by atoms with E-state index in [1.54, 1.807) is 34.4 Å². The maximum Gasteiger partial charge on any atom is 0.296 e. The quantitative estimate of drug-likeness (QED) is 0.0569. The van der Waals surface area contributed by atoms with E-state index in [1.807, 2.05) is 6.92 Å². The number of amides is 3. The third-order valence-corrected chi connectivity index (χ3v) is 8.80. The van der Waals surface area contributed by atoms with Crippen LogP contribution >= 0.6 is 0 Å². The topological polar surface area (TPSA) is 241 Å². The van der Waals surface area contributed by atoms with Gasteiger partial charge in [-0.1, -0.05) is 12.2 Å². The minimum atomic E-state index is -0.816. The number of imidazole rings is 1. The zero-order chi connectivity index (χ0) is 36.2. The van der Waals surface area contributed by atoms with Crippen molar-refractivity contribution in [2.75, 3.05) is 43.5 Å². The van der Waals surface area contributed by atoms with Crippen LogP contribution in [0.4, 0.5) is 17.3 Å². The lowest BCUT2D eigenvalue weighted by Gasteiger charge is -2.26. The number of rotatable bonds is 16. The molecule has 0 saturated carbocycles. The number of aromatic nitrogens is 5. The van der Waals surface area contributed by atoms with E-state index < -0.39 is 22.6 Å². The number of likely N-dealkylation sites (tertiary alicyclic amines) is 1. The van der Waals surface area contributed by atoms with E-state index in [1.165, 1.54) is 18.3 Å². The van der Waals surface area contributed by atoms with Crippen molar-refractivity contribution in [1.29, 1.82) is 0 Å². The number of primary amides is 2. The summed E-state index contributed by atoms with van der Waals surface area (Å²) < 4.78 is 14.9. The standard InChI is InChI=1S/C33H39N11O7/c1-3-43-26(11-19(2)40-43)32(47)39-33-38-24-12-21(30(35)46)16-37-31(24)42(33)9-5-4-7-36-28-25(44(48)49)13-20(29(34)45)14-27(28)50-10-6-8-41-17-23-15-22(41)18-51-23/h4-5,11-14,16,22-23,36H,3,6-10,15,17-18H2,1-2H3,(H2,34,45)(H2,35,46)(H,38,39,47)/b5-4+. The second-order valence-electron chi connectivity index (χ2n) is 12.3. The van der Waals surface area contributed by atoms with Crippen molar-refractivity contribution in [3.63, 3.8) is 0 Å². The van der Waals surface area contributed by atoms with E-state index >= 15 is 0 Å². The number of carbonyl (C=O) groups excluding carboxylic acids is 3. The Kier molecular flexibility index (Phi) is 10.2. The molecule has 0 aliphatic carbocycles. The van der Waals surface area contributed by atoms with Crippen LogP contribution in [0.25, 0.3) is 11.2 Å². The van der Waals surface area contributed by atoms with E-state index in [4.69, 9.17) is 20.9 Å². The fraction of sp³-hybridized carbons (Fsp3) is 0.394. The number of nitrogens with two attached hydrogens (primary N) is 2. The Labute approximate surface area is 291 Å². The summed E-state index contributed by atoms with van der Waals surface area (Å²) in [6.45, 7) is 7.12. The predicted molar refractivity (Wildman–Crippen MR) is 186 cm³/mol. The van der Waals surface area contributed by atoms with Crippen molar-refractivity contribution >= 4 is 46.2 Å². The van der Waals surface area contributed by atoms with Gasteiger partial charge in [-0.05, 0) is 44.9 Å². The second-order valence-corrected chi connectivity index (χ2v) is 12.3. The van der Waals surface area contributed by atoms with Crippen LogP contribution in [0.5, 0.6) is 5.75 Å². The van der Waals surface area contributed by atoms with Gasteiger partial charge in [-0.25, -0.2) is 9.97 Å². The molecule has 2 aliphatic rings. The number of hydrogen-bond acceptors (Lipinski definition) is 12. The van der Waals surface area contributed by atoms with Crippen molar-refractivity contribution in [1.82, 2.24) is 29.2 Å². The number of aryl methyl sites for hydroxylation is 2. The summed E-state index contributed by atoms with van der Waals surface area (Å²) in [5.74, 6) is -1.61. The second kappa shape index (κ2) is 14.9. The number of morpholine rings is 1. The van der Waals surface area contributed by atoms with Gasteiger partial charge in [0.2, 0.25) is 17.8 Å². The average Bonchev–Trinajstić information content (AvgIpc) is 3.89. The van der Waals surface area contributed by atoms with Crippen LogP contribution in [0.3, 0.4) is 0 Å². The van der Waals surface area contributed by atoms with Crippen molar-refractivity contribution < 1.29 is 28.8 Å². The third-order valence-electron chi connectivity index (χ3n) is 8.80. The summed E-state index contributed by atoms with van der Waals surface area (Å²) in [5, 5.41) is 22.3. The summed E-state index contributed by atoms with van der Waals surface area (Å²) in [4.78, 5) is 59.8. The monoisotopic (exact) mass is 701 g/mol. The summed E-state index contributed by atoms with van der Waals surface area (Å²) in [7, 11) is 0. The molecule has 2 saturated heterocycles. The number of allylic oxidation sites excluding steroid dienone is 1. The molecule has 2 atom stereocenters. The van der Waals surface area contributed by atoms with Crippen LogP contribution in [-0.4, -0.2) is 96.9 Å². The van der Waals surface area contributed by atoms with E-state index in [9.17, 15) is 24.5 Å². The number of nitrogens with zero attached hydrogens (tertiary/aromatic N) is 7. The molecule has 4 aromatic rings. The Balaban J connectivity index is 1.18. The smallest absolute Gasteiger partial charge is 0.296 e. The van der Waals surface area contributed by atoms with E-state index in [2.05, 4.69) is 30.6 Å². The van der Waals surface area contributed by atoms with Gasteiger partial charge >= 0.3 is 0 Å². The van der Waals surface area contributed by atoms with Crippen LogP contribution in [0.15, 0.2) is 42.6 Å². The zero-order valence-electron chi connectivity index (χ0n) is 28.2. The Hall–Kier alpha value is -5.88. The summed E-state index contributed by atoms with van der Waals surface area (Å²) in [6.07, 6.45) is 6.79. The number of anilines is 2. The van der Waals surface area contributed by atoms with Gasteiger partial charge in [0, 0.05) is 56.6 Å². The van der Waals surface area contributed by atoms with Crippen molar-refractivity contribution in [3.05, 3.63) is 75.2 Å². The lowest BCUT2D eigenvalue weighted by Crippen LogP contribution is -2.37. The average molecular weight is 702 g/mol. The Morgan fingerprint density at radius 2 is 1.96 bits per heavy atom. The van der Waals surface area contributed by atoms with Crippen molar-refractivity contribution in [3.8, 4) is 5.75 Å². The van der Waals surface area contributed by atoms with Crippen LogP contribution < -0.4 is 26.8 Å². The van der Waals surface area contributed by atoms with E-state index in [0.29, 0.717) is 41.6 Å². The highest BCUT2D eigenvalue weighted by Gasteiger charge is 2.38. The highest BCUT2D eigenvalue weighted by molar-refractivity contribution is 6.03. The van der Waals surface area contributed by atoms with Gasteiger partial charge in [0.05, 0.1) is 35.5 Å². The van der Waals surface area contributed by atoms with Crippen molar-refractivity contribution in [2.24, 2.45) is 11.5 Å². The molecule has 3 amide bonds. The van der Waals surface area contributed by atoms with E-state index in [0.717, 1.165) is 32.2 Å². The molecule has 1 aromatic carbocycles. The summed E-state index contributed by atoms with van der Waals surface area (Å²) in [6, 6.07) is 6.08. The van der Waals surface area contributed by atoms with Gasteiger partial charge in [0.1, 0.15) is 17.0 Å². The number of benzene rings is 1. The predicted octanol–water partition coefficient (Wildman–Crippen LogP) is 2.22. The maximum absolute atomic E-state index is 13.3. The van der Waals surface area contributed by atoms with Crippen LogP contribution in [-0.2, 0) is 17.8 Å².